The molecule has 180 valence electrons. The maximum Gasteiger partial charge on any atom is 0.336 e. The molecule has 1 amide bonds. The SMILES string of the molecule is CCOCCOc1nc(-c2ccccc2C)n(-c2ccc(NC(=O)CCC(=O)OCC)cc2)n1. The van der Waals surface area contributed by atoms with E-state index in [9.17, 15) is 9.59 Å². The first kappa shape index (κ1) is 24.9. The van der Waals surface area contributed by atoms with Gasteiger partial charge in [-0.3, -0.25) is 9.59 Å². The Morgan fingerprint density at radius 3 is 2.44 bits per heavy atom. The van der Waals surface area contributed by atoms with E-state index in [4.69, 9.17) is 14.2 Å². The maximum atomic E-state index is 12.1. The lowest BCUT2D eigenvalue weighted by atomic mass is 10.1. The number of esters is 1. The van der Waals surface area contributed by atoms with Crippen molar-refractivity contribution in [2.75, 3.05) is 31.7 Å². The van der Waals surface area contributed by atoms with Crippen molar-refractivity contribution in [1.82, 2.24) is 14.8 Å². The lowest BCUT2D eigenvalue weighted by Gasteiger charge is -2.09. The van der Waals surface area contributed by atoms with Crippen LogP contribution in [0.15, 0.2) is 48.5 Å². The predicted octanol–water partition coefficient (Wildman–Crippen LogP) is 3.94. The zero-order valence-corrected chi connectivity index (χ0v) is 19.7. The van der Waals surface area contributed by atoms with E-state index in [0.29, 0.717) is 37.9 Å². The molecular formula is C25H30N4O5. The molecule has 2 aromatic carbocycles. The van der Waals surface area contributed by atoms with Gasteiger partial charge in [0.2, 0.25) is 5.91 Å². The maximum absolute atomic E-state index is 12.1. The van der Waals surface area contributed by atoms with Crippen LogP contribution in [-0.2, 0) is 19.1 Å². The molecule has 0 fully saturated rings. The Morgan fingerprint density at radius 1 is 0.971 bits per heavy atom. The number of nitrogens with one attached hydrogen (secondary N) is 1. The first-order chi connectivity index (χ1) is 16.5. The summed E-state index contributed by atoms with van der Waals surface area (Å²) >= 11 is 0. The van der Waals surface area contributed by atoms with E-state index in [1.165, 1.54) is 0 Å². The number of hydrogen-bond donors (Lipinski definition) is 1. The highest BCUT2D eigenvalue weighted by atomic mass is 16.5. The summed E-state index contributed by atoms with van der Waals surface area (Å²) in [7, 11) is 0. The molecule has 0 aliphatic rings. The van der Waals surface area contributed by atoms with Gasteiger partial charge >= 0.3 is 12.0 Å². The number of carbonyl (C=O) groups excluding carboxylic acids is 2. The smallest absolute Gasteiger partial charge is 0.336 e. The van der Waals surface area contributed by atoms with E-state index in [-0.39, 0.29) is 30.7 Å². The van der Waals surface area contributed by atoms with Gasteiger partial charge in [0.05, 0.1) is 25.3 Å². The van der Waals surface area contributed by atoms with Crippen molar-refractivity contribution in [2.45, 2.75) is 33.6 Å². The molecule has 0 saturated heterocycles. The molecular weight excluding hydrogens is 436 g/mol. The average Bonchev–Trinajstić information content (AvgIpc) is 3.25. The Kier molecular flexibility index (Phi) is 9.16. The van der Waals surface area contributed by atoms with Crippen LogP contribution in [0.4, 0.5) is 5.69 Å². The summed E-state index contributed by atoms with van der Waals surface area (Å²) in [6, 6.07) is 15.4. The molecule has 0 aliphatic heterocycles. The summed E-state index contributed by atoms with van der Waals surface area (Å²) in [5.74, 6) is 0.00469. The lowest BCUT2D eigenvalue weighted by Crippen LogP contribution is -2.14. The first-order valence-electron chi connectivity index (χ1n) is 11.3. The molecule has 0 saturated carbocycles. The summed E-state index contributed by atoms with van der Waals surface area (Å²) < 4.78 is 17.6. The van der Waals surface area contributed by atoms with E-state index in [0.717, 1.165) is 16.8 Å². The number of aromatic nitrogens is 3. The fourth-order valence-corrected chi connectivity index (χ4v) is 3.23. The number of hydrogen-bond acceptors (Lipinski definition) is 7. The van der Waals surface area contributed by atoms with Crippen LogP contribution in [0, 0.1) is 6.92 Å². The molecule has 9 heteroatoms. The van der Waals surface area contributed by atoms with Gasteiger partial charge in [-0.15, -0.1) is 5.10 Å². The Bertz CT molecular complexity index is 1090. The van der Waals surface area contributed by atoms with Crippen molar-refractivity contribution in [3.63, 3.8) is 0 Å². The van der Waals surface area contributed by atoms with E-state index in [2.05, 4.69) is 15.4 Å². The van der Waals surface area contributed by atoms with Crippen LogP contribution in [0.2, 0.25) is 0 Å². The fraction of sp³-hybridized carbons (Fsp3) is 0.360. The zero-order chi connectivity index (χ0) is 24.3. The number of nitrogens with zero attached hydrogens (tertiary/aromatic N) is 3. The number of aryl methyl sites for hydroxylation is 1. The van der Waals surface area contributed by atoms with Gasteiger partial charge in [-0.25, -0.2) is 4.68 Å². The molecule has 0 bridgehead atoms. The van der Waals surface area contributed by atoms with Gasteiger partial charge in [0.1, 0.15) is 6.61 Å². The standard InChI is InChI=1S/C25H30N4O5/c1-4-32-16-17-34-25-27-24(21-9-7-6-8-18(21)3)29(28-25)20-12-10-19(11-13-20)26-22(30)14-15-23(31)33-5-2/h6-13H,4-5,14-17H2,1-3H3,(H,26,30). The molecule has 34 heavy (non-hydrogen) atoms. The molecule has 0 aliphatic carbocycles. The molecule has 1 N–H and O–H groups in total. The van der Waals surface area contributed by atoms with Crippen molar-refractivity contribution in [3.05, 3.63) is 54.1 Å². The second kappa shape index (κ2) is 12.5. The third-order valence-electron chi connectivity index (χ3n) is 4.89. The van der Waals surface area contributed by atoms with Gasteiger partial charge in [0, 0.05) is 24.3 Å². The summed E-state index contributed by atoms with van der Waals surface area (Å²) in [6.45, 7) is 7.39. The summed E-state index contributed by atoms with van der Waals surface area (Å²) in [5.41, 5.74) is 3.37. The van der Waals surface area contributed by atoms with Gasteiger partial charge in [-0.05, 0) is 50.6 Å². The highest BCUT2D eigenvalue weighted by Gasteiger charge is 2.16. The number of carbonyl (C=O) groups is 2. The van der Waals surface area contributed by atoms with Crippen molar-refractivity contribution >= 4 is 17.6 Å². The monoisotopic (exact) mass is 466 g/mol. The van der Waals surface area contributed by atoms with Gasteiger partial charge in [-0.2, -0.15) is 4.98 Å². The minimum Gasteiger partial charge on any atom is -0.466 e. The second-order valence-corrected chi connectivity index (χ2v) is 7.39. The number of amides is 1. The third kappa shape index (κ3) is 6.89. The van der Waals surface area contributed by atoms with E-state index in [1.807, 2.05) is 50.2 Å². The van der Waals surface area contributed by atoms with Crippen LogP contribution in [-0.4, -0.2) is 53.1 Å². The molecule has 3 aromatic rings. The highest BCUT2D eigenvalue weighted by molar-refractivity contribution is 5.92. The van der Waals surface area contributed by atoms with Gasteiger partial charge in [0.15, 0.2) is 5.82 Å². The van der Waals surface area contributed by atoms with Crippen LogP contribution in [0.3, 0.4) is 0 Å². The topological polar surface area (TPSA) is 105 Å². The average molecular weight is 467 g/mol. The Balaban J connectivity index is 1.77. The minimum atomic E-state index is -0.387. The molecule has 3 rings (SSSR count). The van der Waals surface area contributed by atoms with Crippen LogP contribution < -0.4 is 10.1 Å². The van der Waals surface area contributed by atoms with Crippen LogP contribution in [0.25, 0.3) is 17.1 Å². The summed E-state index contributed by atoms with van der Waals surface area (Å²) in [4.78, 5) is 28.2. The Morgan fingerprint density at radius 2 is 1.74 bits per heavy atom. The molecule has 0 unspecified atom stereocenters. The number of rotatable bonds is 12. The molecule has 0 atom stereocenters. The summed E-state index contributed by atoms with van der Waals surface area (Å²) in [5, 5.41) is 7.33. The number of anilines is 1. The molecule has 0 spiro atoms. The highest BCUT2D eigenvalue weighted by Crippen LogP contribution is 2.26. The molecule has 1 aromatic heterocycles. The van der Waals surface area contributed by atoms with Crippen molar-refractivity contribution in [2.24, 2.45) is 0 Å². The Labute approximate surface area is 199 Å². The fourth-order valence-electron chi connectivity index (χ4n) is 3.23. The van der Waals surface area contributed by atoms with Gasteiger partial charge < -0.3 is 19.5 Å². The van der Waals surface area contributed by atoms with Crippen LogP contribution in [0.5, 0.6) is 6.01 Å². The minimum absolute atomic E-state index is 0.0442. The lowest BCUT2D eigenvalue weighted by molar-refractivity contribution is -0.144. The van der Waals surface area contributed by atoms with E-state index >= 15 is 0 Å². The third-order valence-corrected chi connectivity index (χ3v) is 4.89. The predicted molar refractivity (Wildman–Crippen MR) is 128 cm³/mol. The number of ether oxygens (including phenoxy) is 3. The first-order valence-corrected chi connectivity index (χ1v) is 11.3. The summed E-state index contributed by atoms with van der Waals surface area (Å²) in [6.07, 6.45) is 0.103. The van der Waals surface area contributed by atoms with Crippen molar-refractivity contribution in [1.29, 1.82) is 0 Å². The van der Waals surface area contributed by atoms with E-state index < -0.39 is 0 Å². The normalized spacial score (nSPS) is 10.7. The largest absolute Gasteiger partial charge is 0.466 e. The van der Waals surface area contributed by atoms with Crippen LogP contribution >= 0.6 is 0 Å². The van der Waals surface area contributed by atoms with Gasteiger partial charge in [-0.1, -0.05) is 24.3 Å². The number of benzene rings is 2. The second-order valence-electron chi connectivity index (χ2n) is 7.39. The molecule has 0 radical (unpaired) electrons. The van der Waals surface area contributed by atoms with Crippen molar-refractivity contribution < 1.29 is 23.8 Å². The van der Waals surface area contributed by atoms with Crippen molar-refractivity contribution in [3.8, 4) is 23.1 Å². The zero-order valence-electron chi connectivity index (χ0n) is 19.7. The van der Waals surface area contributed by atoms with Gasteiger partial charge in [0.25, 0.3) is 0 Å². The van der Waals surface area contributed by atoms with Crippen LogP contribution in [0.1, 0.15) is 32.3 Å². The molecule has 9 nitrogen and oxygen atoms in total. The molecule has 1 heterocycles. The van der Waals surface area contributed by atoms with E-state index in [1.54, 1.807) is 23.7 Å². The Hall–Kier alpha value is -3.72. The quantitative estimate of drug-likeness (QED) is 0.318.